The molecule has 2 nitrogen and oxygen atoms in total. The smallest absolute Gasteiger partial charge is 0.0132 e. The van der Waals surface area contributed by atoms with Crippen LogP contribution in [-0.2, 0) is 0 Å². The van der Waals surface area contributed by atoms with E-state index in [1.807, 2.05) is 0 Å². The van der Waals surface area contributed by atoms with Crippen molar-refractivity contribution < 1.29 is 0 Å². The number of hydrogen-bond acceptors (Lipinski definition) is 2. The third-order valence-corrected chi connectivity index (χ3v) is 2.53. The van der Waals surface area contributed by atoms with Gasteiger partial charge >= 0.3 is 0 Å². The average molecular weight is 162 g/mol. The molecule has 1 aromatic rings. The number of benzene rings is 1. The number of nitrogens with two attached hydrogens (primary N) is 1. The summed E-state index contributed by atoms with van der Waals surface area (Å²) >= 11 is 0. The van der Waals surface area contributed by atoms with E-state index in [-0.39, 0.29) is 0 Å². The summed E-state index contributed by atoms with van der Waals surface area (Å²) in [7, 11) is 0. The van der Waals surface area contributed by atoms with Gasteiger partial charge in [-0.2, -0.15) is 0 Å². The van der Waals surface area contributed by atoms with Gasteiger partial charge in [0, 0.05) is 6.54 Å². The lowest BCUT2D eigenvalue weighted by molar-refractivity contribution is 0.655. The van der Waals surface area contributed by atoms with Gasteiger partial charge in [-0.05, 0) is 23.8 Å². The van der Waals surface area contributed by atoms with Crippen LogP contribution in [0.2, 0.25) is 0 Å². The minimum Gasteiger partial charge on any atom is -0.271 e. The number of rotatable bonds is 3. The van der Waals surface area contributed by atoms with Crippen LogP contribution >= 0.6 is 0 Å². The van der Waals surface area contributed by atoms with Crippen molar-refractivity contribution in [1.82, 2.24) is 5.43 Å². The molecule has 12 heavy (non-hydrogen) atoms. The molecule has 2 atom stereocenters. The van der Waals surface area contributed by atoms with Crippen molar-refractivity contribution in [3.8, 4) is 0 Å². The fourth-order valence-corrected chi connectivity index (χ4v) is 1.73. The van der Waals surface area contributed by atoms with Crippen molar-refractivity contribution in [2.24, 2.45) is 11.8 Å². The summed E-state index contributed by atoms with van der Waals surface area (Å²) < 4.78 is 0. The number of nitrogens with one attached hydrogen (secondary N) is 1. The second-order valence-electron chi connectivity index (χ2n) is 3.42. The van der Waals surface area contributed by atoms with Crippen LogP contribution in [0.1, 0.15) is 17.9 Å². The van der Waals surface area contributed by atoms with E-state index in [2.05, 4.69) is 35.8 Å². The molecule has 1 fully saturated rings. The molecule has 0 unspecified atom stereocenters. The Morgan fingerprint density at radius 3 is 2.75 bits per heavy atom. The molecular formula is C10H14N2. The molecule has 2 heteroatoms. The molecule has 0 spiro atoms. The number of hydrogen-bond donors (Lipinski definition) is 2. The highest BCUT2D eigenvalue weighted by Crippen LogP contribution is 2.46. The minimum atomic E-state index is 0.752. The topological polar surface area (TPSA) is 38.0 Å². The zero-order chi connectivity index (χ0) is 8.39. The molecule has 1 aliphatic carbocycles. The number of hydrazine groups is 1. The summed E-state index contributed by atoms with van der Waals surface area (Å²) in [6.45, 7) is 0.944. The molecule has 3 N–H and O–H groups in total. The van der Waals surface area contributed by atoms with Crippen molar-refractivity contribution in [2.45, 2.75) is 12.3 Å². The Bertz CT molecular complexity index is 245. The van der Waals surface area contributed by atoms with Crippen LogP contribution in [0.4, 0.5) is 0 Å². The molecule has 0 aromatic heterocycles. The normalized spacial score (nSPS) is 27.1. The Labute approximate surface area is 72.7 Å². The van der Waals surface area contributed by atoms with E-state index in [4.69, 9.17) is 5.84 Å². The zero-order valence-electron chi connectivity index (χ0n) is 7.03. The van der Waals surface area contributed by atoms with Gasteiger partial charge in [-0.3, -0.25) is 11.3 Å². The fraction of sp³-hybridized carbons (Fsp3) is 0.400. The van der Waals surface area contributed by atoms with Crippen molar-refractivity contribution in [3.63, 3.8) is 0 Å². The second-order valence-corrected chi connectivity index (χ2v) is 3.42. The van der Waals surface area contributed by atoms with Crippen LogP contribution in [0.3, 0.4) is 0 Å². The zero-order valence-corrected chi connectivity index (χ0v) is 7.03. The van der Waals surface area contributed by atoms with Gasteiger partial charge in [0.1, 0.15) is 0 Å². The highest BCUT2D eigenvalue weighted by Gasteiger charge is 2.37. The van der Waals surface area contributed by atoms with E-state index in [1.54, 1.807) is 0 Å². The predicted octanol–water partition coefficient (Wildman–Crippen LogP) is 1.25. The van der Waals surface area contributed by atoms with Crippen molar-refractivity contribution in [1.29, 1.82) is 0 Å². The SMILES string of the molecule is NNC[C@H]1C[C@H]1c1ccccc1. The first-order valence-electron chi connectivity index (χ1n) is 4.40. The maximum absolute atomic E-state index is 5.26. The Morgan fingerprint density at radius 1 is 1.33 bits per heavy atom. The molecule has 0 amide bonds. The Kier molecular flexibility index (Phi) is 2.11. The second kappa shape index (κ2) is 3.25. The molecule has 0 bridgehead atoms. The van der Waals surface area contributed by atoms with Gasteiger partial charge in [-0.25, -0.2) is 0 Å². The first-order valence-corrected chi connectivity index (χ1v) is 4.40. The maximum Gasteiger partial charge on any atom is 0.0132 e. The summed E-state index contributed by atoms with van der Waals surface area (Å²) in [5, 5.41) is 0. The predicted molar refractivity (Wildman–Crippen MR) is 49.5 cm³/mol. The molecular weight excluding hydrogens is 148 g/mol. The summed E-state index contributed by atoms with van der Waals surface area (Å²) in [4.78, 5) is 0. The summed E-state index contributed by atoms with van der Waals surface area (Å²) in [6.07, 6.45) is 1.29. The van der Waals surface area contributed by atoms with Crippen molar-refractivity contribution in [3.05, 3.63) is 35.9 Å². The quantitative estimate of drug-likeness (QED) is 0.518. The van der Waals surface area contributed by atoms with Crippen molar-refractivity contribution >= 4 is 0 Å². The highest BCUT2D eigenvalue weighted by molar-refractivity contribution is 5.25. The van der Waals surface area contributed by atoms with Gasteiger partial charge < -0.3 is 0 Å². The summed E-state index contributed by atoms with van der Waals surface area (Å²) in [5.74, 6) is 6.77. The molecule has 1 saturated carbocycles. The summed E-state index contributed by atoms with van der Waals surface area (Å²) in [5.41, 5.74) is 4.19. The van der Waals surface area contributed by atoms with Gasteiger partial charge in [-0.1, -0.05) is 30.3 Å². The highest BCUT2D eigenvalue weighted by atomic mass is 15.2. The molecule has 2 rings (SSSR count). The molecule has 64 valence electrons. The molecule has 1 aliphatic rings. The third-order valence-electron chi connectivity index (χ3n) is 2.53. The lowest BCUT2D eigenvalue weighted by Crippen LogP contribution is -2.24. The van der Waals surface area contributed by atoms with E-state index < -0.39 is 0 Å². The van der Waals surface area contributed by atoms with E-state index in [9.17, 15) is 0 Å². The minimum absolute atomic E-state index is 0.752. The Morgan fingerprint density at radius 2 is 2.08 bits per heavy atom. The van der Waals surface area contributed by atoms with Gasteiger partial charge in [-0.15, -0.1) is 0 Å². The van der Waals surface area contributed by atoms with Gasteiger partial charge in [0.2, 0.25) is 0 Å². The standard InChI is InChI=1S/C10H14N2/c11-12-7-9-6-10(9)8-4-2-1-3-5-8/h1-5,9-10,12H,6-7,11H2/t9-,10+/m1/s1. The Hall–Kier alpha value is -0.860. The van der Waals surface area contributed by atoms with Crippen LogP contribution < -0.4 is 11.3 Å². The monoisotopic (exact) mass is 162 g/mol. The average Bonchev–Trinajstić information content (AvgIpc) is 2.87. The first kappa shape index (κ1) is 7.77. The molecule has 0 radical (unpaired) electrons. The lowest BCUT2D eigenvalue weighted by Gasteiger charge is -1.98. The van der Waals surface area contributed by atoms with Gasteiger partial charge in [0.25, 0.3) is 0 Å². The van der Waals surface area contributed by atoms with Crippen molar-refractivity contribution in [2.75, 3.05) is 6.54 Å². The molecule has 0 saturated heterocycles. The Balaban J connectivity index is 1.97. The molecule has 0 heterocycles. The third kappa shape index (κ3) is 1.49. The van der Waals surface area contributed by atoms with Crippen LogP contribution in [0.5, 0.6) is 0 Å². The lowest BCUT2D eigenvalue weighted by atomic mass is 10.1. The van der Waals surface area contributed by atoms with E-state index in [1.165, 1.54) is 12.0 Å². The fourth-order valence-electron chi connectivity index (χ4n) is 1.73. The van der Waals surface area contributed by atoms with E-state index in [0.717, 1.165) is 18.4 Å². The van der Waals surface area contributed by atoms with Gasteiger partial charge in [0.15, 0.2) is 0 Å². The summed E-state index contributed by atoms with van der Waals surface area (Å²) in [6, 6.07) is 10.6. The van der Waals surface area contributed by atoms with E-state index >= 15 is 0 Å². The van der Waals surface area contributed by atoms with Crippen LogP contribution in [0.15, 0.2) is 30.3 Å². The van der Waals surface area contributed by atoms with Crippen LogP contribution in [-0.4, -0.2) is 6.54 Å². The van der Waals surface area contributed by atoms with Crippen LogP contribution in [0, 0.1) is 5.92 Å². The molecule has 0 aliphatic heterocycles. The first-order chi connectivity index (χ1) is 5.92. The largest absolute Gasteiger partial charge is 0.271 e. The van der Waals surface area contributed by atoms with Crippen LogP contribution in [0.25, 0.3) is 0 Å². The van der Waals surface area contributed by atoms with E-state index in [0.29, 0.717) is 0 Å². The van der Waals surface area contributed by atoms with Gasteiger partial charge in [0.05, 0.1) is 0 Å². The maximum atomic E-state index is 5.26. The molecule has 1 aromatic carbocycles.